The second-order valence-corrected chi connectivity index (χ2v) is 29.2. The largest absolute Gasteiger partial charge is 0.480 e. The number of carboxylic acid groups (broad SMARTS) is 1. The van der Waals surface area contributed by atoms with Crippen LogP contribution in [0.25, 0.3) is 0 Å². The van der Waals surface area contributed by atoms with Gasteiger partial charge in [0, 0.05) is 111 Å². The zero-order valence-electron chi connectivity index (χ0n) is 56.3. The number of halogens is 12. The van der Waals surface area contributed by atoms with Crippen LogP contribution < -0.4 is 16.0 Å². The number of aromatic nitrogens is 3. The van der Waals surface area contributed by atoms with Crippen LogP contribution in [0.1, 0.15) is 89.9 Å². The number of rotatable bonds is 21. The maximum Gasteiger partial charge on any atom is 0.338 e. The molecular formula is C68H68Br2ClF9N12O11S3. The first kappa shape index (κ1) is 81.0. The first-order valence-electron chi connectivity index (χ1n) is 32.8. The first-order valence-corrected chi connectivity index (χ1v) is 37.4. The van der Waals surface area contributed by atoms with Crippen molar-refractivity contribution in [2.75, 3.05) is 85.3 Å². The molecule has 6 aliphatic heterocycles. The second kappa shape index (κ2) is 35.6. The summed E-state index contributed by atoms with van der Waals surface area (Å²) in [5, 5.41) is 44.2. The van der Waals surface area contributed by atoms with E-state index < -0.39 is 122 Å². The number of benzene rings is 3. The number of piperidine rings is 3. The van der Waals surface area contributed by atoms with E-state index in [0.29, 0.717) is 69.6 Å². The molecule has 6 N–H and O–H groups in total. The summed E-state index contributed by atoms with van der Waals surface area (Å²) in [6.07, 6.45) is -0.530. The van der Waals surface area contributed by atoms with Crippen LogP contribution in [-0.2, 0) is 38.1 Å². The van der Waals surface area contributed by atoms with Gasteiger partial charge in [0.2, 0.25) is 0 Å². The van der Waals surface area contributed by atoms with E-state index in [0.717, 1.165) is 6.07 Å². The third-order valence-electron chi connectivity index (χ3n) is 17.0. The van der Waals surface area contributed by atoms with Gasteiger partial charge in [-0.3, -0.25) is 29.7 Å². The van der Waals surface area contributed by atoms with Crippen LogP contribution in [0.3, 0.4) is 0 Å². The quantitative estimate of drug-likeness (QED) is 0.0222. The number of esters is 3. The molecule has 0 saturated carbocycles. The highest BCUT2D eigenvalue weighted by atomic mass is 79.9. The van der Waals surface area contributed by atoms with Crippen molar-refractivity contribution in [2.45, 2.75) is 94.2 Å². The Labute approximate surface area is 634 Å². The van der Waals surface area contributed by atoms with E-state index in [1.807, 2.05) is 0 Å². The zero-order chi connectivity index (χ0) is 76.4. The number of aliphatic hydroxyl groups excluding tert-OH is 2. The lowest BCUT2D eigenvalue weighted by Gasteiger charge is -2.39. The number of carbonyl (C=O) groups excluding carboxylic acids is 3. The minimum Gasteiger partial charge on any atom is -0.480 e. The molecule has 5 unspecified atom stereocenters. The molecule has 38 heteroatoms. The number of hydrogen-bond donors (Lipinski definition) is 6. The zero-order valence-corrected chi connectivity index (χ0v) is 62.7. The molecule has 6 aromatic rings. The minimum absolute atomic E-state index is 0.0308. The highest BCUT2D eigenvalue weighted by Crippen LogP contribution is 2.42. The number of aliphatic carboxylic acids is 1. The number of carboxylic acids is 1. The average Bonchev–Trinajstić information content (AvgIpc) is 0.805. The Morgan fingerprint density at radius 1 is 0.538 bits per heavy atom. The summed E-state index contributed by atoms with van der Waals surface area (Å²) in [4.78, 5) is 81.3. The summed E-state index contributed by atoms with van der Waals surface area (Å²) in [5.41, 5.74) is 2.62. The standard InChI is InChI=1S/C24H24ClF3N4O5S.2C22H22BrF3N4O3S/c1-2-36-23(35)19-16(10-32-7-5-17(24(27,28)12-32)37-11-18(33)34)30-21(22-29-6-8-38-22)31-20(19)14-4-3-13(26)9-15(14)25;2*1-2-33-21(32)17-15(10-30-7-5-16(31)22(25,26)11-30)28-19(20-27-6-8-34-20)29-18(17)13-4-3-12(24)9-14(13)23/h3-4,6,8-9,17,20H,2,5,7,10-12H2,1H3,(H,30,31)(H,33,34);2*3-4,6,8-9,16,18,31H,2,5,7,10-11H2,1H3,(H,28,29)/t;16?,18-;/m.0./s1. The van der Waals surface area contributed by atoms with E-state index in [1.54, 1.807) is 55.5 Å². The molecule has 6 atom stereocenters. The van der Waals surface area contributed by atoms with Gasteiger partial charge in [0.05, 0.1) is 56.2 Å². The Hall–Kier alpha value is -7.56. The summed E-state index contributed by atoms with van der Waals surface area (Å²) in [7, 11) is 0. The number of aliphatic hydroxyl groups is 2. The van der Waals surface area contributed by atoms with Crippen molar-refractivity contribution in [3.8, 4) is 0 Å². The van der Waals surface area contributed by atoms with Crippen LogP contribution in [0.4, 0.5) is 39.5 Å². The van der Waals surface area contributed by atoms with Gasteiger partial charge in [-0.05, 0) is 87.6 Å². The molecule has 3 fully saturated rings. The van der Waals surface area contributed by atoms with Gasteiger partial charge in [0.15, 0.2) is 32.5 Å². The Balaban J connectivity index is 0.000000170. The third-order valence-corrected chi connectivity index (χ3v) is 21.0. The summed E-state index contributed by atoms with van der Waals surface area (Å²) in [6, 6.07) is 8.99. The number of alkyl halides is 6. The van der Waals surface area contributed by atoms with Gasteiger partial charge in [-0.25, -0.2) is 73.6 Å². The number of ether oxygens (including phenoxy) is 4. The van der Waals surface area contributed by atoms with E-state index in [2.05, 4.69) is 77.7 Å². The lowest BCUT2D eigenvalue weighted by atomic mass is 9.94. The Morgan fingerprint density at radius 3 is 1.19 bits per heavy atom. The van der Waals surface area contributed by atoms with E-state index in [1.165, 1.54) is 97.2 Å². The van der Waals surface area contributed by atoms with Gasteiger partial charge in [0.25, 0.3) is 17.8 Å². The predicted molar refractivity (Wildman–Crippen MR) is 382 cm³/mol. The maximum atomic E-state index is 14.9. The van der Waals surface area contributed by atoms with Crippen LogP contribution in [0.5, 0.6) is 0 Å². The normalized spacial score (nSPS) is 22.4. The molecule has 23 nitrogen and oxygen atoms in total. The van der Waals surface area contributed by atoms with E-state index in [9.17, 15) is 68.9 Å². The monoisotopic (exact) mass is 1690 g/mol. The van der Waals surface area contributed by atoms with E-state index >= 15 is 0 Å². The Bertz CT molecular complexity index is 4200. The topological polar surface area (TPSA) is 287 Å². The first-order chi connectivity index (χ1) is 50.5. The molecule has 3 aromatic carbocycles. The lowest BCUT2D eigenvalue weighted by Crippen LogP contribution is -2.54. The van der Waals surface area contributed by atoms with Gasteiger partial charge in [-0.2, -0.15) is 0 Å². The number of likely N-dealkylation sites (tertiary alicyclic amines) is 3. The summed E-state index contributed by atoms with van der Waals surface area (Å²) < 4.78 is 150. The highest BCUT2D eigenvalue weighted by molar-refractivity contribution is 9.10. The van der Waals surface area contributed by atoms with Gasteiger partial charge < -0.3 is 50.2 Å². The smallest absolute Gasteiger partial charge is 0.338 e. The van der Waals surface area contributed by atoms with Crippen LogP contribution in [0.2, 0.25) is 5.02 Å². The number of aliphatic imine (C=N–C) groups is 3. The Morgan fingerprint density at radius 2 is 0.877 bits per heavy atom. The summed E-state index contributed by atoms with van der Waals surface area (Å²) >= 11 is 17.0. The molecular weight excluding hydrogens is 1620 g/mol. The van der Waals surface area contributed by atoms with Crippen molar-refractivity contribution in [3.63, 3.8) is 0 Å². The molecule has 106 heavy (non-hydrogen) atoms. The van der Waals surface area contributed by atoms with Crippen molar-refractivity contribution < 1.29 is 93.0 Å². The average molecular weight is 1690 g/mol. The molecule has 0 amide bonds. The van der Waals surface area contributed by atoms with Crippen molar-refractivity contribution in [1.29, 1.82) is 0 Å². The predicted octanol–water partition coefficient (Wildman–Crippen LogP) is 11.0. The number of thiazole rings is 3. The van der Waals surface area contributed by atoms with Crippen LogP contribution in [0, 0.1) is 17.5 Å². The molecule has 0 radical (unpaired) electrons. The number of carbonyl (C=O) groups is 4. The number of nitrogens with zero attached hydrogens (tertiary/aromatic N) is 9. The van der Waals surface area contributed by atoms with Gasteiger partial charge in [-0.15, -0.1) is 34.0 Å². The Kier molecular flexibility index (Phi) is 27.2. The second-order valence-electron chi connectivity index (χ2n) is 24.4. The molecule has 0 spiro atoms. The van der Waals surface area contributed by atoms with Crippen molar-refractivity contribution >= 4 is 119 Å². The van der Waals surface area contributed by atoms with Crippen LogP contribution in [0.15, 0.2) is 147 Å². The minimum atomic E-state index is -3.33. The van der Waals surface area contributed by atoms with Gasteiger partial charge in [-0.1, -0.05) is 61.7 Å². The third kappa shape index (κ3) is 19.8. The summed E-state index contributed by atoms with van der Waals surface area (Å²) in [5.74, 6) is -13.7. The summed E-state index contributed by atoms with van der Waals surface area (Å²) in [6.45, 7) is 2.71. The van der Waals surface area contributed by atoms with Gasteiger partial charge >= 0.3 is 23.9 Å². The number of nitrogens with one attached hydrogen (secondary N) is 3. The van der Waals surface area contributed by atoms with E-state index in [-0.39, 0.29) is 106 Å². The molecule has 9 heterocycles. The van der Waals surface area contributed by atoms with Crippen molar-refractivity contribution in [3.05, 3.63) is 186 Å². The number of hydrogen-bond acceptors (Lipinski definition) is 25. The molecule has 0 bridgehead atoms. The molecule has 568 valence electrons. The van der Waals surface area contributed by atoms with E-state index in [4.69, 9.17) is 35.7 Å². The fourth-order valence-corrected chi connectivity index (χ4v) is 15.3. The lowest BCUT2D eigenvalue weighted by molar-refractivity contribution is -0.180. The maximum absolute atomic E-state index is 14.9. The molecule has 6 aliphatic rings. The number of amidine groups is 3. The van der Waals surface area contributed by atoms with Crippen molar-refractivity contribution in [2.24, 2.45) is 15.0 Å². The molecule has 0 aliphatic carbocycles. The molecule has 3 aromatic heterocycles. The van der Waals surface area contributed by atoms with Crippen LogP contribution >= 0.6 is 77.5 Å². The fraction of sp³-hybridized carbons (Fsp3) is 0.412. The molecule has 12 rings (SSSR count). The van der Waals surface area contributed by atoms with Crippen molar-refractivity contribution in [1.82, 2.24) is 45.6 Å². The highest BCUT2D eigenvalue weighted by Gasteiger charge is 2.49. The fourth-order valence-electron chi connectivity index (χ4n) is 12.1. The molecule has 3 saturated heterocycles. The van der Waals surface area contributed by atoms with Crippen LogP contribution in [-0.4, -0.2) is 208 Å². The SMILES string of the molecule is CCOC(=O)C1=C(CN2CCC(O)C(F)(F)C2)NC(c2nccs2)=NC1c1ccc(F)cc1Br.CCOC(=O)C1=C(CN2CCC(O)C(F)(F)C2)NC(c2nccs2)=N[C@H]1c1ccc(F)cc1Br.CCOC(=O)C1=C(CN2CCC(OCC(=O)O)C(F)(F)C2)NC(c2nccs2)=NC1c1ccc(F)cc1Cl. The van der Waals surface area contributed by atoms with Gasteiger partial charge in [0.1, 0.15) is 60.5 Å².